The number of nitrogens with zero attached hydrogens (tertiary/aromatic N) is 1. The minimum atomic E-state index is -1.51. The molecular weight excluding hydrogens is 286 g/mol. The largest absolute Gasteiger partial charge is 0.479 e. The van der Waals surface area contributed by atoms with Gasteiger partial charge in [0.05, 0.1) is 10.6 Å². The van der Waals surface area contributed by atoms with E-state index in [0.29, 0.717) is 11.3 Å². The van der Waals surface area contributed by atoms with Crippen LogP contribution in [0.5, 0.6) is 0 Å². The lowest BCUT2D eigenvalue weighted by Gasteiger charge is -2.09. The van der Waals surface area contributed by atoms with E-state index in [4.69, 9.17) is 27.1 Å². The molecule has 8 heteroatoms. The van der Waals surface area contributed by atoms with Gasteiger partial charge >= 0.3 is 12.0 Å². The lowest BCUT2D eigenvalue weighted by molar-refractivity contribution is -0.146. The van der Waals surface area contributed by atoms with E-state index in [1.165, 1.54) is 18.2 Å². The first-order chi connectivity index (χ1) is 9.43. The maximum absolute atomic E-state index is 11.5. The third-order valence-electron chi connectivity index (χ3n) is 2.34. The number of aliphatic hydroxyl groups excluding tert-OH is 1. The van der Waals surface area contributed by atoms with Crippen molar-refractivity contribution in [1.82, 2.24) is 5.32 Å². The molecule has 0 radical (unpaired) electrons. The highest BCUT2D eigenvalue weighted by Crippen LogP contribution is 2.19. The van der Waals surface area contributed by atoms with Crippen LogP contribution in [0.1, 0.15) is 12.0 Å². The van der Waals surface area contributed by atoms with Crippen LogP contribution in [0.4, 0.5) is 10.5 Å². The van der Waals surface area contributed by atoms with Crippen LogP contribution in [0.3, 0.4) is 0 Å². The molecule has 0 saturated heterocycles. The number of halogens is 1. The predicted molar refractivity (Wildman–Crippen MR) is 71.4 cm³/mol. The van der Waals surface area contributed by atoms with Crippen LogP contribution in [0.15, 0.2) is 18.2 Å². The van der Waals surface area contributed by atoms with E-state index in [2.05, 4.69) is 10.6 Å². The van der Waals surface area contributed by atoms with Crippen LogP contribution < -0.4 is 10.6 Å². The van der Waals surface area contributed by atoms with Gasteiger partial charge in [0.1, 0.15) is 6.07 Å². The van der Waals surface area contributed by atoms with E-state index in [-0.39, 0.29) is 18.0 Å². The van der Waals surface area contributed by atoms with Gasteiger partial charge in [0, 0.05) is 18.7 Å². The smallest absolute Gasteiger partial charge is 0.332 e. The summed E-state index contributed by atoms with van der Waals surface area (Å²) in [5.41, 5.74) is 0.687. The highest BCUT2D eigenvalue weighted by molar-refractivity contribution is 6.32. The first-order valence-electron chi connectivity index (χ1n) is 5.59. The number of hydrogen-bond donors (Lipinski definition) is 4. The number of aliphatic hydroxyl groups is 1. The first-order valence-corrected chi connectivity index (χ1v) is 5.97. The molecule has 20 heavy (non-hydrogen) atoms. The second-order valence-electron chi connectivity index (χ2n) is 3.83. The standard InChI is InChI=1S/C12H12ClN3O4/c13-9-5-8(2-1-7(9)6-14)16-12(20)15-4-3-10(17)11(18)19/h1-2,5,10,17H,3-4H2,(H,18,19)(H2,15,16,20). The highest BCUT2D eigenvalue weighted by Gasteiger charge is 2.12. The van der Waals surface area contributed by atoms with Gasteiger partial charge in [0.2, 0.25) is 0 Å². The van der Waals surface area contributed by atoms with Crippen molar-refractivity contribution < 1.29 is 19.8 Å². The molecule has 0 saturated carbocycles. The molecule has 0 bridgehead atoms. The number of amides is 2. The number of aliphatic carboxylic acids is 1. The number of carboxylic acid groups (broad SMARTS) is 1. The molecule has 0 aromatic heterocycles. The van der Waals surface area contributed by atoms with Gasteiger partial charge in [-0.1, -0.05) is 11.6 Å². The molecule has 106 valence electrons. The van der Waals surface area contributed by atoms with Crippen LogP contribution >= 0.6 is 11.6 Å². The van der Waals surface area contributed by atoms with Gasteiger partial charge in [-0.15, -0.1) is 0 Å². The summed E-state index contributed by atoms with van der Waals surface area (Å²) in [4.78, 5) is 21.8. The monoisotopic (exact) mass is 297 g/mol. The van der Waals surface area contributed by atoms with Crippen LogP contribution in [0, 0.1) is 11.3 Å². The Balaban J connectivity index is 2.45. The Bertz CT molecular complexity index is 556. The lowest BCUT2D eigenvalue weighted by atomic mass is 10.2. The number of nitrogens with one attached hydrogen (secondary N) is 2. The second-order valence-corrected chi connectivity index (χ2v) is 4.24. The topological polar surface area (TPSA) is 122 Å². The van der Waals surface area contributed by atoms with E-state index in [0.717, 1.165) is 0 Å². The van der Waals surface area contributed by atoms with E-state index in [1.807, 2.05) is 6.07 Å². The van der Waals surface area contributed by atoms with E-state index >= 15 is 0 Å². The van der Waals surface area contributed by atoms with Crippen LogP contribution in [0.25, 0.3) is 0 Å². The molecule has 4 N–H and O–H groups in total. The van der Waals surface area contributed by atoms with Gasteiger partial charge in [-0.2, -0.15) is 5.26 Å². The fraction of sp³-hybridized carbons (Fsp3) is 0.250. The normalized spacial score (nSPS) is 11.2. The zero-order valence-electron chi connectivity index (χ0n) is 10.3. The van der Waals surface area contributed by atoms with Crippen molar-refractivity contribution in [2.75, 3.05) is 11.9 Å². The van der Waals surface area contributed by atoms with Crippen molar-refractivity contribution in [2.45, 2.75) is 12.5 Å². The molecule has 0 fully saturated rings. The fourth-order valence-corrected chi connectivity index (χ4v) is 1.53. The molecule has 1 aromatic carbocycles. The molecule has 0 heterocycles. The quantitative estimate of drug-likeness (QED) is 0.649. The third-order valence-corrected chi connectivity index (χ3v) is 2.65. The Morgan fingerprint density at radius 2 is 2.15 bits per heavy atom. The number of urea groups is 1. The second kappa shape index (κ2) is 7.33. The molecule has 1 aromatic rings. The maximum Gasteiger partial charge on any atom is 0.332 e. The Labute approximate surface area is 119 Å². The summed E-state index contributed by atoms with van der Waals surface area (Å²) in [7, 11) is 0. The molecule has 1 atom stereocenters. The summed E-state index contributed by atoms with van der Waals surface area (Å²) < 4.78 is 0. The van der Waals surface area contributed by atoms with Crippen LogP contribution in [0.2, 0.25) is 5.02 Å². The lowest BCUT2D eigenvalue weighted by Crippen LogP contribution is -2.33. The van der Waals surface area contributed by atoms with Crippen molar-refractivity contribution in [3.8, 4) is 6.07 Å². The Morgan fingerprint density at radius 3 is 2.70 bits per heavy atom. The number of nitriles is 1. The Hall–Kier alpha value is -2.30. The molecule has 0 aliphatic carbocycles. The Kier molecular flexibility index (Phi) is 5.77. The van der Waals surface area contributed by atoms with Crippen LogP contribution in [-0.4, -0.2) is 34.9 Å². The summed E-state index contributed by atoms with van der Waals surface area (Å²) in [5.74, 6) is -1.34. The minimum Gasteiger partial charge on any atom is -0.479 e. The van der Waals surface area contributed by atoms with Gasteiger partial charge in [-0.3, -0.25) is 0 Å². The molecule has 1 unspecified atom stereocenters. The summed E-state index contributed by atoms with van der Waals surface area (Å²) in [5, 5.41) is 31.2. The zero-order valence-corrected chi connectivity index (χ0v) is 11.0. The van der Waals surface area contributed by atoms with Crippen molar-refractivity contribution in [2.24, 2.45) is 0 Å². The zero-order chi connectivity index (χ0) is 15.1. The summed E-state index contributed by atoms with van der Waals surface area (Å²) in [6.45, 7) is 0.00328. The van der Waals surface area contributed by atoms with Gasteiger partial charge in [0.15, 0.2) is 6.10 Å². The summed E-state index contributed by atoms with van der Waals surface area (Å²) in [6, 6.07) is 5.72. The van der Waals surface area contributed by atoms with Crippen molar-refractivity contribution in [3.63, 3.8) is 0 Å². The van der Waals surface area contributed by atoms with Gasteiger partial charge in [-0.05, 0) is 18.2 Å². The van der Waals surface area contributed by atoms with Gasteiger partial charge in [0.25, 0.3) is 0 Å². The van der Waals surface area contributed by atoms with E-state index in [1.54, 1.807) is 0 Å². The maximum atomic E-state index is 11.5. The average Bonchev–Trinajstić information content (AvgIpc) is 2.38. The molecule has 7 nitrogen and oxygen atoms in total. The van der Waals surface area contributed by atoms with E-state index in [9.17, 15) is 9.59 Å². The molecule has 0 aliphatic rings. The molecular formula is C12H12ClN3O4. The highest BCUT2D eigenvalue weighted by atomic mass is 35.5. The number of rotatable bonds is 5. The summed E-state index contributed by atoms with van der Waals surface area (Å²) >= 11 is 5.80. The molecule has 1 rings (SSSR count). The number of hydrogen-bond acceptors (Lipinski definition) is 4. The van der Waals surface area contributed by atoms with Gasteiger partial charge in [-0.25, -0.2) is 9.59 Å². The summed E-state index contributed by atoms with van der Waals surface area (Å²) in [6.07, 6.45) is -1.61. The minimum absolute atomic E-state index is 0.00328. The van der Waals surface area contributed by atoms with Crippen molar-refractivity contribution in [3.05, 3.63) is 28.8 Å². The average molecular weight is 298 g/mol. The number of benzene rings is 1. The Morgan fingerprint density at radius 1 is 1.45 bits per heavy atom. The van der Waals surface area contributed by atoms with Crippen molar-refractivity contribution in [1.29, 1.82) is 5.26 Å². The SMILES string of the molecule is N#Cc1ccc(NC(=O)NCCC(O)C(=O)O)cc1Cl. The number of carbonyl (C=O) groups is 2. The number of carboxylic acids is 1. The van der Waals surface area contributed by atoms with Crippen LogP contribution in [-0.2, 0) is 4.79 Å². The first kappa shape index (κ1) is 15.8. The van der Waals surface area contributed by atoms with Crippen molar-refractivity contribution >= 4 is 29.3 Å². The predicted octanol–water partition coefficient (Wildman–Crippen LogP) is 1.17. The molecule has 0 spiro atoms. The molecule has 2 amide bonds. The third kappa shape index (κ3) is 4.76. The number of anilines is 1. The number of carbonyl (C=O) groups excluding carboxylic acids is 1. The van der Waals surface area contributed by atoms with E-state index < -0.39 is 18.1 Å². The fourth-order valence-electron chi connectivity index (χ4n) is 1.30. The molecule has 0 aliphatic heterocycles. The van der Waals surface area contributed by atoms with Gasteiger partial charge < -0.3 is 20.8 Å².